The summed E-state index contributed by atoms with van der Waals surface area (Å²) in [6, 6.07) is 4.61. The van der Waals surface area contributed by atoms with E-state index in [0.29, 0.717) is 12.8 Å². The van der Waals surface area contributed by atoms with Gasteiger partial charge in [-0.15, -0.1) is 0 Å². The number of rotatable bonds is 6. The number of benzene rings is 1. The van der Waals surface area contributed by atoms with E-state index < -0.39 is 10.0 Å². The molecule has 0 fully saturated rings. The fourth-order valence-corrected chi connectivity index (χ4v) is 3.55. The number of aryl methyl sites for hydroxylation is 1. The van der Waals surface area contributed by atoms with Crippen molar-refractivity contribution in [2.75, 3.05) is 6.61 Å². The van der Waals surface area contributed by atoms with Gasteiger partial charge >= 0.3 is 0 Å². The molecule has 2 N–H and O–H groups in total. The summed E-state index contributed by atoms with van der Waals surface area (Å²) in [5.41, 5.74) is 0.717. The van der Waals surface area contributed by atoms with Gasteiger partial charge in [0.1, 0.15) is 4.90 Å². The van der Waals surface area contributed by atoms with Crippen LogP contribution in [0, 0.1) is 6.92 Å². The van der Waals surface area contributed by atoms with Crippen molar-refractivity contribution < 1.29 is 13.5 Å². The van der Waals surface area contributed by atoms with Gasteiger partial charge in [0.05, 0.1) is 5.02 Å². The fraction of sp³-hybridized carbons (Fsp3) is 0.500. The lowest BCUT2D eigenvalue weighted by atomic mass is 10.2. The van der Waals surface area contributed by atoms with Crippen molar-refractivity contribution in [1.29, 1.82) is 0 Å². The van der Waals surface area contributed by atoms with E-state index in [-0.39, 0.29) is 22.6 Å². The lowest BCUT2D eigenvalue weighted by Crippen LogP contribution is -2.35. The second-order valence-corrected chi connectivity index (χ2v) is 6.19. The van der Waals surface area contributed by atoms with Crippen LogP contribution in [0.2, 0.25) is 5.02 Å². The maximum absolute atomic E-state index is 12.2. The minimum Gasteiger partial charge on any atom is -0.396 e. The summed E-state index contributed by atoms with van der Waals surface area (Å²) in [5.74, 6) is 0. The number of hydrogen-bond donors (Lipinski definition) is 2. The number of sulfonamides is 1. The quantitative estimate of drug-likeness (QED) is 0.843. The van der Waals surface area contributed by atoms with Crippen molar-refractivity contribution in [3.63, 3.8) is 0 Å². The molecule has 0 radical (unpaired) electrons. The van der Waals surface area contributed by atoms with Gasteiger partial charge < -0.3 is 5.11 Å². The minimum atomic E-state index is -3.64. The summed E-state index contributed by atoms with van der Waals surface area (Å²) in [5, 5.41) is 9.11. The van der Waals surface area contributed by atoms with Gasteiger partial charge in [-0.2, -0.15) is 0 Å². The Kier molecular flexibility index (Phi) is 5.59. The van der Waals surface area contributed by atoms with Crippen LogP contribution >= 0.6 is 11.6 Å². The molecule has 0 saturated carbocycles. The molecule has 1 aromatic rings. The Morgan fingerprint density at radius 3 is 2.67 bits per heavy atom. The zero-order chi connectivity index (χ0) is 13.8. The standard InChI is InChI=1S/C12H18ClNO3S/c1-3-10(7-8-15)14-18(16,17)11-6-4-5-9(2)12(11)13/h4-6,10,14-15H,3,7-8H2,1-2H3. The van der Waals surface area contributed by atoms with Gasteiger partial charge in [-0.3, -0.25) is 0 Å². The molecule has 0 amide bonds. The van der Waals surface area contributed by atoms with Gasteiger partial charge in [0, 0.05) is 12.6 Å². The first-order valence-electron chi connectivity index (χ1n) is 5.80. The highest BCUT2D eigenvalue weighted by Crippen LogP contribution is 2.24. The number of aliphatic hydroxyl groups excluding tert-OH is 1. The lowest BCUT2D eigenvalue weighted by Gasteiger charge is -2.17. The summed E-state index contributed by atoms with van der Waals surface area (Å²) in [4.78, 5) is 0.0838. The maximum Gasteiger partial charge on any atom is 0.242 e. The van der Waals surface area contributed by atoms with E-state index in [9.17, 15) is 8.42 Å². The highest BCUT2D eigenvalue weighted by Gasteiger charge is 2.21. The molecule has 0 aromatic heterocycles. The van der Waals surface area contributed by atoms with Gasteiger partial charge in [-0.1, -0.05) is 30.7 Å². The van der Waals surface area contributed by atoms with Crippen LogP contribution in [-0.2, 0) is 10.0 Å². The van der Waals surface area contributed by atoms with Crippen molar-refractivity contribution in [3.05, 3.63) is 28.8 Å². The molecule has 0 saturated heterocycles. The summed E-state index contributed by atoms with van der Waals surface area (Å²) in [6.07, 6.45) is 1.00. The SMILES string of the molecule is CCC(CCO)NS(=O)(=O)c1cccc(C)c1Cl. The van der Waals surface area contributed by atoms with Crippen LogP contribution in [0.4, 0.5) is 0 Å². The summed E-state index contributed by atoms with van der Waals surface area (Å²) in [7, 11) is -3.64. The predicted molar refractivity (Wildman–Crippen MR) is 72.3 cm³/mol. The molecular weight excluding hydrogens is 274 g/mol. The summed E-state index contributed by atoms with van der Waals surface area (Å²) >= 11 is 6.01. The Balaban J connectivity index is 3.03. The predicted octanol–water partition coefficient (Wildman–Crippen LogP) is 2.09. The molecule has 1 unspecified atom stereocenters. The van der Waals surface area contributed by atoms with Crippen LogP contribution in [0.3, 0.4) is 0 Å². The van der Waals surface area contributed by atoms with Crippen molar-refractivity contribution in [2.45, 2.75) is 37.6 Å². The molecule has 18 heavy (non-hydrogen) atoms. The van der Waals surface area contributed by atoms with E-state index in [1.807, 2.05) is 6.92 Å². The largest absolute Gasteiger partial charge is 0.396 e. The van der Waals surface area contributed by atoms with Gasteiger partial charge in [-0.25, -0.2) is 13.1 Å². The second-order valence-electron chi connectivity index (χ2n) is 4.13. The van der Waals surface area contributed by atoms with E-state index in [1.54, 1.807) is 19.1 Å². The van der Waals surface area contributed by atoms with Gasteiger partial charge in [-0.05, 0) is 31.4 Å². The zero-order valence-electron chi connectivity index (χ0n) is 10.5. The van der Waals surface area contributed by atoms with E-state index in [2.05, 4.69) is 4.72 Å². The lowest BCUT2D eigenvalue weighted by molar-refractivity contribution is 0.270. The Hall–Kier alpha value is -0.620. The van der Waals surface area contributed by atoms with Crippen LogP contribution in [-0.4, -0.2) is 26.2 Å². The molecule has 0 spiro atoms. The van der Waals surface area contributed by atoms with E-state index >= 15 is 0 Å². The number of aliphatic hydroxyl groups is 1. The molecule has 1 atom stereocenters. The van der Waals surface area contributed by atoms with Crippen LogP contribution in [0.15, 0.2) is 23.1 Å². The monoisotopic (exact) mass is 291 g/mol. The van der Waals surface area contributed by atoms with Crippen LogP contribution in [0.5, 0.6) is 0 Å². The van der Waals surface area contributed by atoms with Gasteiger partial charge in [0.15, 0.2) is 0 Å². The van der Waals surface area contributed by atoms with Crippen LogP contribution < -0.4 is 4.72 Å². The van der Waals surface area contributed by atoms with E-state index in [1.165, 1.54) is 6.07 Å². The first-order valence-corrected chi connectivity index (χ1v) is 7.66. The van der Waals surface area contributed by atoms with Gasteiger partial charge in [0.2, 0.25) is 10.0 Å². The molecular formula is C12H18ClNO3S. The number of hydrogen-bond acceptors (Lipinski definition) is 3. The fourth-order valence-electron chi connectivity index (χ4n) is 1.61. The van der Waals surface area contributed by atoms with Crippen LogP contribution in [0.1, 0.15) is 25.3 Å². The summed E-state index contributed by atoms with van der Waals surface area (Å²) < 4.78 is 26.9. The van der Waals surface area contributed by atoms with E-state index in [0.717, 1.165) is 5.56 Å². The molecule has 1 aromatic carbocycles. The normalized spacial score (nSPS) is 13.6. The number of nitrogens with one attached hydrogen (secondary N) is 1. The second kappa shape index (κ2) is 6.52. The molecule has 0 aliphatic rings. The third-order valence-corrected chi connectivity index (χ3v) is 4.91. The van der Waals surface area contributed by atoms with E-state index in [4.69, 9.17) is 16.7 Å². The third kappa shape index (κ3) is 3.68. The molecule has 102 valence electrons. The molecule has 6 heteroatoms. The number of halogens is 1. The first-order chi connectivity index (χ1) is 8.42. The molecule has 0 bridgehead atoms. The maximum atomic E-state index is 12.2. The minimum absolute atomic E-state index is 0.0530. The topological polar surface area (TPSA) is 66.4 Å². The molecule has 1 rings (SSSR count). The van der Waals surface area contributed by atoms with Crippen molar-refractivity contribution in [3.8, 4) is 0 Å². The Morgan fingerprint density at radius 2 is 2.11 bits per heavy atom. The molecule has 0 aliphatic carbocycles. The Bertz CT molecular complexity index is 502. The average molecular weight is 292 g/mol. The third-order valence-electron chi connectivity index (χ3n) is 2.74. The highest BCUT2D eigenvalue weighted by molar-refractivity contribution is 7.89. The first kappa shape index (κ1) is 15.4. The van der Waals surface area contributed by atoms with Crippen molar-refractivity contribution >= 4 is 21.6 Å². The average Bonchev–Trinajstić information content (AvgIpc) is 2.31. The summed E-state index contributed by atoms with van der Waals surface area (Å²) in [6.45, 7) is 3.57. The molecule has 0 heterocycles. The Labute approximate surface area is 113 Å². The highest BCUT2D eigenvalue weighted by atomic mass is 35.5. The van der Waals surface area contributed by atoms with Gasteiger partial charge in [0.25, 0.3) is 0 Å². The van der Waals surface area contributed by atoms with Crippen molar-refractivity contribution in [2.24, 2.45) is 0 Å². The Morgan fingerprint density at radius 1 is 1.44 bits per heavy atom. The smallest absolute Gasteiger partial charge is 0.242 e. The molecule has 4 nitrogen and oxygen atoms in total. The van der Waals surface area contributed by atoms with Crippen molar-refractivity contribution in [1.82, 2.24) is 4.72 Å². The zero-order valence-corrected chi connectivity index (χ0v) is 12.1. The van der Waals surface area contributed by atoms with Crippen LogP contribution in [0.25, 0.3) is 0 Å². The molecule has 0 aliphatic heterocycles.